The highest BCUT2D eigenvalue weighted by Gasteiger charge is 2.35. The quantitative estimate of drug-likeness (QED) is 0.832. The van der Waals surface area contributed by atoms with E-state index >= 15 is 0 Å². The number of carbonyl (C=O) groups excluding carboxylic acids is 1. The Kier molecular flexibility index (Phi) is 6.53. The predicted octanol–water partition coefficient (Wildman–Crippen LogP) is 1.86. The van der Waals surface area contributed by atoms with Gasteiger partial charge in [0, 0.05) is 39.1 Å². The fourth-order valence-corrected chi connectivity index (χ4v) is 4.70. The van der Waals surface area contributed by atoms with Gasteiger partial charge in [0.1, 0.15) is 0 Å². The molecule has 0 aromatic carbocycles. The van der Waals surface area contributed by atoms with Crippen LogP contribution in [0.5, 0.6) is 0 Å². The van der Waals surface area contributed by atoms with Gasteiger partial charge in [-0.15, -0.1) is 0 Å². The standard InChI is InChI=1S/C19H35N3O2/c20-16-19(6-2-1-3-7-19)14-18(23)22-8-4-17(5-9-22)15-21-10-12-24-13-11-21/h17H,1-16,20H2. The summed E-state index contributed by atoms with van der Waals surface area (Å²) < 4.78 is 5.42. The highest BCUT2D eigenvalue weighted by molar-refractivity contribution is 5.77. The Hall–Kier alpha value is -0.650. The van der Waals surface area contributed by atoms with Crippen LogP contribution in [0.25, 0.3) is 0 Å². The summed E-state index contributed by atoms with van der Waals surface area (Å²) in [4.78, 5) is 17.4. The molecular formula is C19H35N3O2. The zero-order chi connectivity index (χ0) is 16.8. The number of nitrogens with zero attached hydrogens (tertiary/aromatic N) is 2. The summed E-state index contributed by atoms with van der Waals surface area (Å²) >= 11 is 0. The Morgan fingerprint density at radius 3 is 2.33 bits per heavy atom. The maximum atomic E-state index is 12.8. The van der Waals surface area contributed by atoms with E-state index in [-0.39, 0.29) is 5.41 Å². The van der Waals surface area contributed by atoms with Gasteiger partial charge in [0.25, 0.3) is 0 Å². The number of piperidine rings is 1. The second kappa shape index (κ2) is 8.63. The molecule has 1 aliphatic carbocycles. The summed E-state index contributed by atoms with van der Waals surface area (Å²) in [5.41, 5.74) is 6.15. The van der Waals surface area contributed by atoms with E-state index in [1.165, 1.54) is 25.8 Å². The minimum Gasteiger partial charge on any atom is -0.379 e. The summed E-state index contributed by atoms with van der Waals surface area (Å²) in [6.07, 6.45) is 9.06. The van der Waals surface area contributed by atoms with Crippen LogP contribution < -0.4 is 5.73 Å². The Morgan fingerprint density at radius 2 is 1.71 bits per heavy atom. The van der Waals surface area contributed by atoms with Gasteiger partial charge in [0.2, 0.25) is 5.91 Å². The van der Waals surface area contributed by atoms with E-state index in [0.29, 0.717) is 18.9 Å². The number of likely N-dealkylation sites (tertiary alicyclic amines) is 1. The molecule has 0 aromatic heterocycles. The fourth-order valence-electron chi connectivity index (χ4n) is 4.70. The molecule has 2 heterocycles. The van der Waals surface area contributed by atoms with Gasteiger partial charge in [-0.05, 0) is 43.6 Å². The molecule has 5 heteroatoms. The third kappa shape index (κ3) is 4.70. The van der Waals surface area contributed by atoms with Crippen molar-refractivity contribution in [3.63, 3.8) is 0 Å². The lowest BCUT2D eigenvalue weighted by Gasteiger charge is -2.40. The maximum absolute atomic E-state index is 12.8. The largest absolute Gasteiger partial charge is 0.379 e. The van der Waals surface area contributed by atoms with Gasteiger partial charge in [-0.25, -0.2) is 0 Å². The van der Waals surface area contributed by atoms with Crippen LogP contribution in [-0.4, -0.2) is 68.2 Å². The zero-order valence-corrected chi connectivity index (χ0v) is 15.2. The topological polar surface area (TPSA) is 58.8 Å². The number of morpholine rings is 1. The van der Waals surface area contributed by atoms with Crippen molar-refractivity contribution in [1.29, 1.82) is 0 Å². The molecule has 2 aliphatic heterocycles. The average molecular weight is 338 g/mol. The molecule has 0 bridgehead atoms. The number of carbonyl (C=O) groups is 1. The normalized spacial score (nSPS) is 26.5. The predicted molar refractivity (Wildman–Crippen MR) is 95.8 cm³/mol. The maximum Gasteiger partial charge on any atom is 0.223 e. The SMILES string of the molecule is NCC1(CC(=O)N2CCC(CN3CCOCC3)CC2)CCCCC1. The lowest BCUT2D eigenvalue weighted by Crippen LogP contribution is -2.46. The van der Waals surface area contributed by atoms with Crippen molar-refractivity contribution in [1.82, 2.24) is 9.80 Å². The summed E-state index contributed by atoms with van der Waals surface area (Å²) in [7, 11) is 0. The number of rotatable bonds is 5. The van der Waals surface area contributed by atoms with Gasteiger partial charge in [0.05, 0.1) is 13.2 Å². The molecule has 0 aromatic rings. The summed E-state index contributed by atoms with van der Waals surface area (Å²) in [5, 5.41) is 0. The van der Waals surface area contributed by atoms with E-state index in [1.807, 2.05) is 0 Å². The molecule has 3 aliphatic rings. The summed E-state index contributed by atoms with van der Waals surface area (Å²) in [5.74, 6) is 1.09. The Labute approximate surface area is 146 Å². The molecule has 138 valence electrons. The number of ether oxygens (including phenoxy) is 1. The van der Waals surface area contributed by atoms with Crippen molar-refractivity contribution in [3.05, 3.63) is 0 Å². The number of hydrogen-bond donors (Lipinski definition) is 1. The smallest absolute Gasteiger partial charge is 0.223 e. The van der Waals surface area contributed by atoms with Crippen LogP contribution in [0.15, 0.2) is 0 Å². The molecule has 3 fully saturated rings. The third-order valence-electron chi connectivity index (χ3n) is 6.46. The molecule has 0 spiro atoms. The number of amides is 1. The van der Waals surface area contributed by atoms with Crippen molar-refractivity contribution < 1.29 is 9.53 Å². The summed E-state index contributed by atoms with van der Waals surface area (Å²) in [6, 6.07) is 0. The van der Waals surface area contributed by atoms with Gasteiger partial charge in [-0.1, -0.05) is 19.3 Å². The number of hydrogen-bond acceptors (Lipinski definition) is 4. The van der Waals surface area contributed by atoms with Gasteiger partial charge in [-0.3, -0.25) is 9.69 Å². The fraction of sp³-hybridized carbons (Fsp3) is 0.947. The molecule has 0 radical (unpaired) electrons. The molecule has 0 atom stereocenters. The van der Waals surface area contributed by atoms with E-state index in [9.17, 15) is 4.79 Å². The van der Waals surface area contributed by atoms with Crippen molar-refractivity contribution in [2.45, 2.75) is 51.4 Å². The highest BCUT2D eigenvalue weighted by Crippen LogP contribution is 2.39. The highest BCUT2D eigenvalue weighted by atomic mass is 16.5. The van der Waals surface area contributed by atoms with E-state index < -0.39 is 0 Å². The Balaban J connectivity index is 1.42. The second-order valence-corrected chi connectivity index (χ2v) is 8.18. The van der Waals surface area contributed by atoms with Gasteiger partial charge >= 0.3 is 0 Å². The minimum atomic E-state index is 0.0972. The average Bonchev–Trinajstić information content (AvgIpc) is 2.64. The molecule has 0 unspecified atom stereocenters. The Bertz CT molecular complexity index is 395. The van der Waals surface area contributed by atoms with Gasteiger partial charge in [0.15, 0.2) is 0 Å². The lowest BCUT2D eigenvalue weighted by atomic mass is 9.71. The van der Waals surface area contributed by atoms with Crippen LogP contribution in [0.2, 0.25) is 0 Å². The first kappa shape index (κ1) is 18.2. The minimum absolute atomic E-state index is 0.0972. The van der Waals surface area contributed by atoms with Crippen molar-refractivity contribution in [2.75, 3.05) is 52.5 Å². The second-order valence-electron chi connectivity index (χ2n) is 8.18. The molecule has 3 rings (SSSR count). The first-order valence-electron chi connectivity index (χ1n) is 9.99. The van der Waals surface area contributed by atoms with E-state index in [0.717, 1.165) is 71.0 Å². The van der Waals surface area contributed by atoms with Crippen LogP contribution in [0.1, 0.15) is 51.4 Å². The molecule has 2 saturated heterocycles. The lowest BCUT2D eigenvalue weighted by molar-refractivity contribution is -0.135. The Morgan fingerprint density at radius 1 is 1.04 bits per heavy atom. The summed E-state index contributed by atoms with van der Waals surface area (Å²) in [6.45, 7) is 7.61. The van der Waals surface area contributed by atoms with Crippen LogP contribution in [0.3, 0.4) is 0 Å². The molecule has 2 N–H and O–H groups in total. The molecule has 24 heavy (non-hydrogen) atoms. The first-order chi connectivity index (χ1) is 11.7. The van der Waals surface area contributed by atoms with Crippen LogP contribution in [-0.2, 0) is 9.53 Å². The molecule has 1 amide bonds. The van der Waals surface area contributed by atoms with Gasteiger partial charge in [-0.2, -0.15) is 0 Å². The first-order valence-corrected chi connectivity index (χ1v) is 9.99. The number of nitrogens with two attached hydrogens (primary N) is 1. The van der Waals surface area contributed by atoms with Crippen LogP contribution >= 0.6 is 0 Å². The molecule has 5 nitrogen and oxygen atoms in total. The van der Waals surface area contributed by atoms with E-state index in [2.05, 4.69) is 9.80 Å². The van der Waals surface area contributed by atoms with Crippen LogP contribution in [0.4, 0.5) is 0 Å². The third-order valence-corrected chi connectivity index (χ3v) is 6.46. The van der Waals surface area contributed by atoms with E-state index in [1.54, 1.807) is 0 Å². The van der Waals surface area contributed by atoms with Gasteiger partial charge < -0.3 is 15.4 Å². The monoisotopic (exact) mass is 337 g/mol. The van der Waals surface area contributed by atoms with E-state index in [4.69, 9.17) is 10.5 Å². The molecular weight excluding hydrogens is 302 g/mol. The van der Waals surface area contributed by atoms with Crippen molar-refractivity contribution in [3.8, 4) is 0 Å². The molecule has 1 saturated carbocycles. The van der Waals surface area contributed by atoms with Crippen molar-refractivity contribution in [2.24, 2.45) is 17.1 Å². The van der Waals surface area contributed by atoms with Crippen molar-refractivity contribution >= 4 is 5.91 Å². The zero-order valence-electron chi connectivity index (χ0n) is 15.2. The van der Waals surface area contributed by atoms with Crippen LogP contribution in [0, 0.1) is 11.3 Å².